The quantitative estimate of drug-likeness (QED) is 0.304. The highest BCUT2D eigenvalue weighted by atomic mass is 16.5. The Bertz CT molecular complexity index is 1330. The van der Waals surface area contributed by atoms with E-state index in [1.807, 2.05) is 18.2 Å². The average Bonchev–Trinajstić information content (AvgIpc) is 3.44. The van der Waals surface area contributed by atoms with Crippen molar-refractivity contribution in [2.24, 2.45) is 0 Å². The van der Waals surface area contributed by atoms with E-state index in [1.165, 1.54) is 36.4 Å². The molecule has 0 aliphatic heterocycles. The number of benzene rings is 3. The number of methoxy groups -OCH3 is 3. The Hall–Kier alpha value is -4.08. The van der Waals surface area contributed by atoms with Gasteiger partial charge in [0.15, 0.2) is 0 Å². The fraction of sp³-hybridized carbons (Fsp3) is 0.375. The van der Waals surface area contributed by atoms with E-state index in [0.717, 1.165) is 18.4 Å². The van der Waals surface area contributed by atoms with Crippen molar-refractivity contribution in [3.8, 4) is 17.2 Å². The van der Waals surface area contributed by atoms with Crippen molar-refractivity contribution < 1.29 is 33.6 Å². The van der Waals surface area contributed by atoms with Crippen molar-refractivity contribution in [2.75, 3.05) is 41.0 Å². The van der Waals surface area contributed by atoms with Crippen molar-refractivity contribution in [3.63, 3.8) is 0 Å². The van der Waals surface area contributed by atoms with Crippen LogP contribution in [0.15, 0.2) is 60.7 Å². The zero-order valence-electron chi connectivity index (χ0n) is 24.0. The highest BCUT2D eigenvalue weighted by molar-refractivity contribution is 5.99. The molecule has 41 heavy (non-hydrogen) atoms. The Morgan fingerprint density at radius 1 is 0.976 bits per heavy atom. The van der Waals surface area contributed by atoms with Gasteiger partial charge in [-0.2, -0.15) is 0 Å². The van der Waals surface area contributed by atoms with Crippen LogP contribution in [0.25, 0.3) is 0 Å². The van der Waals surface area contributed by atoms with Gasteiger partial charge in [-0.25, -0.2) is 4.79 Å². The average molecular weight is 563 g/mol. The normalized spacial score (nSPS) is 13.4. The van der Waals surface area contributed by atoms with Gasteiger partial charge in [0.1, 0.15) is 17.2 Å². The van der Waals surface area contributed by atoms with Crippen LogP contribution in [0.3, 0.4) is 0 Å². The molecule has 0 saturated heterocycles. The number of carbonyl (C=O) groups excluding carboxylic acids is 2. The third-order valence-electron chi connectivity index (χ3n) is 7.30. The molecule has 1 atom stereocenters. The van der Waals surface area contributed by atoms with Gasteiger partial charge in [-0.05, 0) is 55.2 Å². The summed E-state index contributed by atoms with van der Waals surface area (Å²) in [5.74, 6) is 0.779. The van der Waals surface area contributed by atoms with Gasteiger partial charge >= 0.3 is 5.97 Å². The van der Waals surface area contributed by atoms with Gasteiger partial charge in [0, 0.05) is 37.3 Å². The Morgan fingerprint density at radius 3 is 2.34 bits per heavy atom. The fourth-order valence-electron chi connectivity index (χ4n) is 5.21. The predicted molar refractivity (Wildman–Crippen MR) is 155 cm³/mol. The molecule has 4 rings (SSSR count). The minimum atomic E-state index is -0.836. The van der Waals surface area contributed by atoms with Crippen molar-refractivity contribution >= 4 is 11.9 Å². The molecule has 2 N–H and O–H groups in total. The molecule has 9 heteroatoms. The first kappa shape index (κ1) is 29.9. The van der Waals surface area contributed by atoms with Crippen LogP contribution in [0, 0.1) is 0 Å². The molecular weight excluding hydrogens is 524 g/mol. The summed E-state index contributed by atoms with van der Waals surface area (Å²) < 4.78 is 21.4. The lowest BCUT2D eigenvalue weighted by molar-refractivity contribution is 0.0599. The molecule has 0 heterocycles. The van der Waals surface area contributed by atoms with Crippen molar-refractivity contribution in [3.05, 3.63) is 88.5 Å². The molecule has 0 aromatic heterocycles. The number of hydrogen-bond donors (Lipinski definition) is 2. The zero-order chi connectivity index (χ0) is 29.4. The van der Waals surface area contributed by atoms with E-state index < -0.39 is 18.0 Å². The smallest absolute Gasteiger partial charge is 0.337 e. The zero-order valence-corrected chi connectivity index (χ0v) is 24.0. The SMILES string of the molecule is CCOc1cc(C(=O)OC)ccc1C(=O)NC[C@@H](O)CN(Cc1ccc(OC)cc1OC)C1Cc2ccccc2C1. The van der Waals surface area contributed by atoms with E-state index in [2.05, 4.69) is 34.5 Å². The second-order valence-electron chi connectivity index (χ2n) is 9.94. The molecular formula is C32H38N2O7. The lowest BCUT2D eigenvalue weighted by atomic mass is 10.1. The maximum atomic E-state index is 13.1. The first-order valence-electron chi connectivity index (χ1n) is 13.7. The van der Waals surface area contributed by atoms with E-state index in [9.17, 15) is 14.7 Å². The minimum absolute atomic E-state index is 0.0407. The Kier molecular flexibility index (Phi) is 10.2. The molecule has 0 unspecified atom stereocenters. The van der Waals surface area contributed by atoms with Crippen LogP contribution in [0.1, 0.15) is 44.3 Å². The number of nitrogens with one attached hydrogen (secondary N) is 1. The number of amides is 1. The summed E-state index contributed by atoms with van der Waals surface area (Å²) in [6.07, 6.45) is 0.910. The van der Waals surface area contributed by atoms with E-state index in [0.29, 0.717) is 31.2 Å². The van der Waals surface area contributed by atoms with Gasteiger partial charge in [-0.1, -0.05) is 30.3 Å². The van der Waals surface area contributed by atoms with E-state index in [-0.39, 0.29) is 29.5 Å². The highest BCUT2D eigenvalue weighted by Gasteiger charge is 2.29. The number of ether oxygens (including phenoxy) is 4. The molecule has 0 radical (unpaired) electrons. The van der Waals surface area contributed by atoms with Gasteiger partial charge in [0.2, 0.25) is 0 Å². The van der Waals surface area contributed by atoms with Gasteiger partial charge in [0.05, 0.1) is 45.2 Å². The lowest BCUT2D eigenvalue weighted by Crippen LogP contribution is -2.44. The Labute approximate surface area is 241 Å². The second-order valence-corrected chi connectivity index (χ2v) is 9.94. The molecule has 1 aliphatic rings. The third-order valence-corrected chi connectivity index (χ3v) is 7.30. The van der Waals surface area contributed by atoms with Crippen LogP contribution < -0.4 is 19.5 Å². The lowest BCUT2D eigenvalue weighted by Gasteiger charge is -2.31. The van der Waals surface area contributed by atoms with Gasteiger partial charge < -0.3 is 29.4 Å². The summed E-state index contributed by atoms with van der Waals surface area (Å²) in [6, 6.07) is 18.9. The van der Waals surface area contributed by atoms with E-state index >= 15 is 0 Å². The third kappa shape index (κ3) is 7.36. The maximum Gasteiger partial charge on any atom is 0.337 e. The van der Waals surface area contributed by atoms with Crippen LogP contribution in [-0.2, 0) is 24.1 Å². The summed E-state index contributed by atoms with van der Waals surface area (Å²) in [5, 5.41) is 13.9. The number of hydrogen-bond acceptors (Lipinski definition) is 8. The van der Waals surface area contributed by atoms with Crippen LogP contribution >= 0.6 is 0 Å². The standard InChI is InChI=1S/C32H38N2O7/c1-5-41-30-16-23(32(37)40-4)11-13-28(30)31(36)33-18-26(35)20-34(25-14-21-8-6-7-9-22(21)15-25)19-24-10-12-27(38-2)17-29(24)39-3/h6-13,16-17,25-26,35H,5,14-15,18-20H2,1-4H3,(H,33,36)/t26-/m1/s1. The highest BCUT2D eigenvalue weighted by Crippen LogP contribution is 2.30. The summed E-state index contributed by atoms with van der Waals surface area (Å²) in [6.45, 7) is 3.05. The number of fused-ring (bicyclic) bond motifs is 1. The number of carbonyl (C=O) groups is 2. The maximum absolute atomic E-state index is 13.1. The fourth-order valence-corrected chi connectivity index (χ4v) is 5.21. The molecule has 9 nitrogen and oxygen atoms in total. The molecule has 1 aliphatic carbocycles. The monoisotopic (exact) mass is 562 g/mol. The molecule has 1 amide bonds. The van der Waals surface area contributed by atoms with Gasteiger partial charge in [0.25, 0.3) is 5.91 Å². The van der Waals surface area contributed by atoms with Crippen LogP contribution in [0.4, 0.5) is 0 Å². The van der Waals surface area contributed by atoms with Gasteiger partial charge in [-0.3, -0.25) is 9.69 Å². The topological polar surface area (TPSA) is 107 Å². The molecule has 218 valence electrons. The number of aliphatic hydroxyl groups excluding tert-OH is 1. The molecule has 0 fully saturated rings. The second kappa shape index (κ2) is 14.0. The van der Waals surface area contributed by atoms with Crippen LogP contribution in [-0.4, -0.2) is 75.1 Å². The van der Waals surface area contributed by atoms with Crippen LogP contribution in [0.2, 0.25) is 0 Å². The summed E-state index contributed by atoms with van der Waals surface area (Å²) >= 11 is 0. The molecule has 0 spiro atoms. The number of esters is 1. The summed E-state index contributed by atoms with van der Waals surface area (Å²) in [5.41, 5.74) is 4.16. The van der Waals surface area contributed by atoms with E-state index in [1.54, 1.807) is 21.1 Å². The Morgan fingerprint density at radius 2 is 1.71 bits per heavy atom. The number of rotatable bonds is 13. The van der Waals surface area contributed by atoms with Crippen LogP contribution in [0.5, 0.6) is 17.2 Å². The molecule has 0 saturated carbocycles. The molecule has 3 aromatic carbocycles. The summed E-state index contributed by atoms with van der Waals surface area (Å²) in [4.78, 5) is 27.2. The summed E-state index contributed by atoms with van der Waals surface area (Å²) in [7, 11) is 4.54. The van der Waals surface area contributed by atoms with E-state index in [4.69, 9.17) is 18.9 Å². The van der Waals surface area contributed by atoms with Crippen molar-refractivity contribution in [1.82, 2.24) is 10.2 Å². The number of aliphatic hydroxyl groups is 1. The van der Waals surface area contributed by atoms with Crippen molar-refractivity contribution in [2.45, 2.75) is 38.5 Å². The van der Waals surface area contributed by atoms with Gasteiger partial charge in [-0.15, -0.1) is 0 Å². The predicted octanol–water partition coefficient (Wildman–Crippen LogP) is 3.65. The van der Waals surface area contributed by atoms with Crippen molar-refractivity contribution in [1.29, 1.82) is 0 Å². The number of nitrogens with zero attached hydrogens (tertiary/aromatic N) is 1. The minimum Gasteiger partial charge on any atom is -0.497 e. The molecule has 3 aromatic rings. The Balaban J connectivity index is 1.47. The molecule has 0 bridgehead atoms. The largest absolute Gasteiger partial charge is 0.497 e. The first-order chi connectivity index (χ1) is 19.9. The first-order valence-corrected chi connectivity index (χ1v) is 13.7.